The molecule has 138 valence electrons. The molecule has 1 atom stereocenters. The van der Waals surface area contributed by atoms with Crippen LogP contribution in [0.2, 0.25) is 0 Å². The van der Waals surface area contributed by atoms with Gasteiger partial charge in [0, 0.05) is 37.0 Å². The molecule has 8 nitrogen and oxygen atoms in total. The van der Waals surface area contributed by atoms with Crippen LogP contribution in [-0.2, 0) is 16.4 Å². The highest BCUT2D eigenvalue weighted by Crippen LogP contribution is 2.31. The Balaban J connectivity index is 1.75. The second kappa shape index (κ2) is 6.93. The van der Waals surface area contributed by atoms with Gasteiger partial charge in [0.15, 0.2) is 0 Å². The van der Waals surface area contributed by atoms with Gasteiger partial charge in [0.2, 0.25) is 10.0 Å². The Labute approximate surface area is 151 Å². The molecule has 9 heteroatoms. The van der Waals surface area contributed by atoms with Crippen molar-refractivity contribution in [3.8, 4) is 0 Å². The minimum atomic E-state index is -4.08. The smallest absolute Gasteiger partial charge is 0.270 e. The summed E-state index contributed by atoms with van der Waals surface area (Å²) in [4.78, 5) is 12.2. The van der Waals surface area contributed by atoms with Crippen molar-refractivity contribution in [2.45, 2.75) is 24.3 Å². The third kappa shape index (κ3) is 3.63. The Kier molecular flexibility index (Phi) is 4.84. The van der Waals surface area contributed by atoms with Crippen molar-refractivity contribution >= 4 is 27.1 Å². The van der Waals surface area contributed by atoms with Crippen molar-refractivity contribution in [3.63, 3.8) is 0 Å². The number of para-hydroxylation sites is 1. The second-order valence-corrected chi connectivity index (χ2v) is 7.81. The quantitative estimate of drug-likeness (QED) is 0.589. The Morgan fingerprint density at radius 3 is 2.73 bits per heavy atom. The van der Waals surface area contributed by atoms with Crippen LogP contribution in [0.25, 0.3) is 0 Å². The fourth-order valence-electron chi connectivity index (χ4n) is 3.29. The molecule has 1 aliphatic heterocycles. The number of anilines is 2. The third-order valence-electron chi connectivity index (χ3n) is 4.50. The first-order chi connectivity index (χ1) is 12.3. The molecule has 0 aliphatic carbocycles. The van der Waals surface area contributed by atoms with Gasteiger partial charge in [0.25, 0.3) is 5.69 Å². The van der Waals surface area contributed by atoms with E-state index in [2.05, 4.69) is 29.3 Å². The Bertz CT molecular complexity index is 946. The fourth-order valence-corrected chi connectivity index (χ4v) is 4.02. The first-order valence-electron chi connectivity index (χ1n) is 8.17. The summed E-state index contributed by atoms with van der Waals surface area (Å²) in [5.41, 5.74) is 2.41. The summed E-state index contributed by atoms with van der Waals surface area (Å²) in [6.07, 6.45) is 0.968. The average Bonchev–Trinajstić information content (AvgIpc) is 2.89. The Morgan fingerprint density at radius 1 is 1.31 bits per heavy atom. The first kappa shape index (κ1) is 18.2. The summed E-state index contributed by atoms with van der Waals surface area (Å²) in [6, 6.07) is 12.1. The lowest BCUT2D eigenvalue weighted by atomic mass is 10.1. The predicted octanol–water partition coefficient (Wildman–Crippen LogP) is 2.11. The number of primary sulfonamides is 1. The molecule has 3 N–H and O–H groups in total. The van der Waals surface area contributed by atoms with Crippen LogP contribution < -0.4 is 15.4 Å². The molecule has 1 unspecified atom stereocenters. The third-order valence-corrected chi connectivity index (χ3v) is 5.45. The number of nitrogens with two attached hydrogens (primary N) is 1. The van der Waals surface area contributed by atoms with E-state index in [4.69, 9.17) is 5.14 Å². The monoisotopic (exact) mass is 376 g/mol. The van der Waals surface area contributed by atoms with E-state index in [0.29, 0.717) is 19.1 Å². The molecule has 1 aliphatic rings. The summed E-state index contributed by atoms with van der Waals surface area (Å²) in [5.74, 6) is 0. The van der Waals surface area contributed by atoms with Gasteiger partial charge in [0.05, 0.1) is 10.6 Å². The fraction of sp³-hybridized carbons (Fsp3) is 0.294. The van der Waals surface area contributed by atoms with Gasteiger partial charge < -0.3 is 10.2 Å². The maximum Gasteiger partial charge on any atom is 0.270 e. The number of hydrogen-bond acceptors (Lipinski definition) is 6. The highest BCUT2D eigenvalue weighted by Gasteiger charge is 2.25. The molecule has 0 radical (unpaired) electrons. The van der Waals surface area contributed by atoms with E-state index < -0.39 is 14.9 Å². The number of hydrogen-bond donors (Lipinski definition) is 2. The van der Waals surface area contributed by atoms with E-state index in [1.165, 1.54) is 23.4 Å². The molecule has 0 saturated carbocycles. The predicted molar refractivity (Wildman–Crippen MR) is 99.9 cm³/mol. The van der Waals surface area contributed by atoms with Gasteiger partial charge in [-0.05, 0) is 31.0 Å². The van der Waals surface area contributed by atoms with Gasteiger partial charge in [-0.1, -0.05) is 18.2 Å². The molecule has 1 heterocycles. The molecule has 0 amide bonds. The summed E-state index contributed by atoms with van der Waals surface area (Å²) < 4.78 is 23.5. The lowest BCUT2D eigenvalue weighted by molar-refractivity contribution is -0.385. The second-order valence-electron chi connectivity index (χ2n) is 6.28. The number of nitrogens with zero attached hydrogens (tertiary/aromatic N) is 2. The highest BCUT2D eigenvalue weighted by molar-refractivity contribution is 7.89. The van der Waals surface area contributed by atoms with Gasteiger partial charge in [-0.3, -0.25) is 10.1 Å². The standard InChI is InChI=1S/C17H20N4O4S/c1-12-10-13-4-2-3-5-16(13)20(12)9-8-19-15-7-6-14(21(22)23)11-17(15)26(18,24)25/h2-7,11-12,19H,8-10H2,1H3,(H2,18,24,25). The maximum absolute atomic E-state index is 11.8. The minimum absolute atomic E-state index is 0.262. The molecule has 0 aromatic heterocycles. The highest BCUT2D eigenvalue weighted by atomic mass is 32.2. The molecular formula is C17H20N4O4S. The summed E-state index contributed by atoms with van der Waals surface area (Å²) in [5, 5.41) is 19.1. The van der Waals surface area contributed by atoms with Gasteiger partial charge in [-0.2, -0.15) is 0 Å². The van der Waals surface area contributed by atoms with Crippen molar-refractivity contribution in [2.75, 3.05) is 23.3 Å². The van der Waals surface area contributed by atoms with E-state index >= 15 is 0 Å². The number of benzene rings is 2. The van der Waals surface area contributed by atoms with E-state index in [0.717, 1.165) is 12.5 Å². The number of nitro groups is 1. The average molecular weight is 376 g/mol. The van der Waals surface area contributed by atoms with Crippen molar-refractivity contribution in [1.29, 1.82) is 0 Å². The number of non-ortho nitro benzene ring substituents is 1. The van der Waals surface area contributed by atoms with E-state index in [-0.39, 0.29) is 16.3 Å². The van der Waals surface area contributed by atoms with E-state index in [1.54, 1.807) is 0 Å². The molecule has 0 fully saturated rings. The topological polar surface area (TPSA) is 119 Å². The van der Waals surface area contributed by atoms with Crippen LogP contribution in [0.15, 0.2) is 47.4 Å². The molecule has 0 bridgehead atoms. The number of fused-ring (bicyclic) bond motifs is 1. The summed E-state index contributed by atoms with van der Waals surface area (Å²) in [7, 11) is -4.08. The van der Waals surface area contributed by atoms with Gasteiger partial charge in [-0.15, -0.1) is 0 Å². The summed E-state index contributed by atoms with van der Waals surface area (Å²) in [6.45, 7) is 3.28. The molecule has 2 aromatic rings. The molecule has 0 spiro atoms. The van der Waals surface area contributed by atoms with Crippen molar-refractivity contribution in [3.05, 3.63) is 58.1 Å². The molecular weight excluding hydrogens is 356 g/mol. The normalized spacial score (nSPS) is 16.4. The SMILES string of the molecule is CC1Cc2ccccc2N1CCNc1ccc([N+](=O)[O-])cc1S(N)(=O)=O. The Hall–Kier alpha value is -2.65. The number of nitrogens with one attached hydrogen (secondary N) is 1. The molecule has 2 aromatic carbocycles. The largest absolute Gasteiger partial charge is 0.382 e. The number of rotatable bonds is 6. The van der Waals surface area contributed by atoms with Gasteiger partial charge in [-0.25, -0.2) is 13.6 Å². The zero-order chi connectivity index (χ0) is 18.9. The van der Waals surface area contributed by atoms with Crippen LogP contribution in [0, 0.1) is 10.1 Å². The van der Waals surface area contributed by atoms with Crippen molar-refractivity contribution in [1.82, 2.24) is 0 Å². The number of sulfonamides is 1. The molecule has 0 saturated heterocycles. The van der Waals surface area contributed by atoms with Crippen LogP contribution in [0.4, 0.5) is 17.1 Å². The first-order valence-corrected chi connectivity index (χ1v) is 9.71. The maximum atomic E-state index is 11.8. The molecule has 3 rings (SSSR count). The lowest BCUT2D eigenvalue weighted by Crippen LogP contribution is -2.33. The van der Waals surface area contributed by atoms with E-state index in [9.17, 15) is 18.5 Å². The van der Waals surface area contributed by atoms with Crippen LogP contribution in [0.5, 0.6) is 0 Å². The summed E-state index contributed by atoms with van der Waals surface area (Å²) >= 11 is 0. The van der Waals surface area contributed by atoms with Crippen molar-refractivity contribution in [2.24, 2.45) is 5.14 Å². The number of nitro benzene ring substituents is 1. The van der Waals surface area contributed by atoms with Crippen LogP contribution in [0.3, 0.4) is 0 Å². The zero-order valence-corrected chi connectivity index (χ0v) is 15.1. The van der Waals surface area contributed by atoms with Crippen LogP contribution >= 0.6 is 0 Å². The van der Waals surface area contributed by atoms with Crippen molar-refractivity contribution < 1.29 is 13.3 Å². The molecule has 26 heavy (non-hydrogen) atoms. The minimum Gasteiger partial charge on any atom is -0.382 e. The zero-order valence-electron chi connectivity index (χ0n) is 14.3. The van der Waals surface area contributed by atoms with Gasteiger partial charge in [0.1, 0.15) is 4.90 Å². The van der Waals surface area contributed by atoms with E-state index in [1.807, 2.05) is 12.1 Å². The Morgan fingerprint density at radius 2 is 2.04 bits per heavy atom. The van der Waals surface area contributed by atoms with Crippen LogP contribution in [0.1, 0.15) is 12.5 Å². The van der Waals surface area contributed by atoms with Crippen LogP contribution in [-0.4, -0.2) is 32.5 Å². The van der Waals surface area contributed by atoms with Gasteiger partial charge >= 0.3 is 0 Å². The lowest BCUT2D eigenvalue weighted by Gasteiger charge is -2.25.